The number of amides is 2. The lowest BCUT2D eigenvalue weighted by molar-refractivity contribution is -0.116. The van der Waals surface area contributed by atoms with Gasteiger partial charge in [0.15, 0.2) is 0 Å². The van der Waals surface area contributed by atoms with Crippen molar-refractivity contribution >= 4 is 17.5 Å². The number of rotatable bonds is 1. The molecule has 0 saturated carbocycles. The highest BCUT2D eigenvalue weighted by atomic mass is 16.2. The van der Waals surface area contributed by atoms with E-state index in [4.69, 9.17) is 0 Å². The molecule has 0 saturated heterocycles. The van der Waals surface area contributed by atoms with Crippen LogP contribution in [0.2, 0.25) is 0 Å². The smallest absolute Gasteiger partial charge is 0.253 e. The minimum Gasteiger partial charge on any atom is -0.341 e. The van der Waals surface area contributed by atoms with Crippen LogP contribution >= 0.6 is 0 Å². The standard InChI is InChI=1S/C13H16N2O2/c1-9(16)15(3)11-5-4-10-6-7-14(2)13(17)12(10)8-11/h4-5,8H,6-7H2,1-3H3. The van der Waals surface area contributed by atoms with E-state index in [0.29, 0.717) is 5.56 Å². The van der Waals surface area contributed by atoms with E-state index in [0.717, 1.165) is 24.2 Å². The van der Waals surface area contributed by atoms with Crippen molar-refractivity contribution < 1.29 is 9.59 Å². The number of hydrogen-bond donors (Lipinski definition) is 0. The second-order valence-corrected chi connectivity index (χ2v) is 4.40. The molecule has 17 heavy (non-hydrogen) atoms. The quantitative estimate of drug-likeness (QED) is 0.732. The van der Waals surface area contributed by atoms with E-state index in [9.17, 15) is 9.59 Å². The van der Waals surface area contributed by atoms with Crippen LogP contribution in [-0.2, 0) is 11.2 Å². The van der Waals surface area contributed by atoms with Gasteiger partial charge in [-0.2, -0.15) is 0 Å². The molecule has 0 atom stereocenters. The first-order valence-electron chi connectivity index (χ1n) is 5.63. The highest BCUT2D eigenvalue weighted by Crippen LogP contribution is 2.23. The van der Waals surface area contributed by atoms with Gasteiger partial charge in [-0.15, -0.1) is 0 Å². The zero-order chi connectivity index (χ0) is 12.6. The summed E-state index contributed by atoms with van der Waals surface area (Å²) < 4.78 is 0. The van der Waals surface area contributed by atoms with E-state index in [1.54, 1.807) is 30.0 Å². The van der Waals surface area contributed by atoms with Gasteiger partial charge >= 0.3 is 0 Å². The second-order valence-electron chi connectivity index (χ2n) is 4.40. The summed E-state index contributed by atoms with van der Waals surface area (Å²) in [6.07, 6.45) is 0.877. The van der Waals surface area contributed by atoms with Gasteiger partial charge in [0.05, 0.1) is 0 Å². The Morgan fingerprint density at radius 2 is 2.12 bits per heavy atom. The summed E-state index contributed by atoms with van der Waals surface area (Å²) in [4.78, 5) is 26.5. The summed E-state index contributed by atoms with van der Waals surface area (Å²) in [6, 6.07) is 5.63. The number of fused-ring (bicyclic) bond motifs is 1. The van der Waals surface area contributed by atoms with Crippen molar-refractivity contribution in [3.05, 3.63) is 29.3 Å². The monoisotopic (exact) mass is 232 g/mol. The van der Waals surface area contributed by atoms with Crippen molar-refractivity contribution in [1.82, 2.24) is 4.90 Å². The molecule has 2 rings (SSSR count). The number of likely N-dealkylation sites (N-methyl/N-ethyl adjacent to an activating group) is 1. The molecule has 0 N–H and O–H groups in total. The number of carbonyl (C=O) groups is 2. The van der Waals surface area contributed by atoms with Crippen LogP contribution in [-0.4, -0.2) is 37.4 Å². The minimum atomic E-state index is -0.0402. The largest absolute Gasteiger partial charge is 0.341 e. The lowest BCUT2D eigenvalue weighted by Gasteiger charge is -2.26. The Morgan fingerprint density at radius 3 is 2.76 bits per heavy atom. The van der Waals surface area contributed by atoms with Gasteiger partial charge in [0, 0.05) is 38.8 Å². The first kappa shape index (κ1) is 11.6. The Morgan fingerprint density at radius 1 is 1.41 bits per heavy atom. The Kier molecular flexibility index (Phi) is 2.88. The van der Waals surface area contributed by atoms with E-state index in [1.165, 1.54) is 6.92 Å². The van der Waals surface area contributed by atoms with E-state index in [1.807, 2.05) is 12.1 Å². The van der Waals surface area contributed by atoms with Crippen LogP contribution in [0.5, 0.6) is 0 Å². The van der Waals surface area contributed by atoms with Gasteiger partial charge in [0.25, 0.3) is 5.91 Å². The number of nitrogens with zero attached hydrogens (tertiary/aromatic N) is 2. The molecular weight excluding hydrogens is 216 g/mol. The van der Waals surface area contributed by atoms with Crippen LogP contribution in [0.3, 0.4) is 0 Å². The van der Waals surface area contributed by atoms with Crippen LogP contribution in [0.1, 0.15) is 22.8 Å². The average molecular weight is 232 g/mol. The van der Waals surface area contributed by atoms with Gasteiger partial charge in [-0.3, -0.25) is 9.59 Å². The third kappa shape index (κ3) is 2.02. The lowest BCUT2D eigenvalue weighted by Crippen LogP contribution is -2.34. The maximum atomic E-state index is 12.0. The van der Waals surface area contributed by atoms with Gasteiger partial charge in [-0.25, -0.2) is 0 Å². The summed E-state index contributed by atoms with van der Waals surface area (Å²) >= 11 is 0. The summed E-state index contributed by atoms with van der Waals surface area (Å²) in [5, 5.41) is 0. The van der Waals surface area contributed by atoms with Gasteiger partial charge in [0.1, 0.15) is 0 Å². The first-order valence-corrected chi connectivity index (χ1v) is 5.63. The topological polar surface area (TPSA) is 40.6 Å². The molecule has 1 aromatic rings. The van der Waals surface area contributed by atoms with Gasteiger partial charge in [0.2, 0.25) is 5.91 Å². The van der Waals surface area contributed by atoms with E-state index < -0.39 is 0 Å². The molecule has 1 aromatic carbocycles. The molecule has 0 aromatic heterocycles. The zero-order valence-corrected chi connectivity index (χ0v) is 10.4. The first-order chi connectivity index (χ1) is 8.00. The number of hydrogen-bond acceptors (Lipinski definition) is 2. The maximum absolute atomic E-state index is 12.0. The fourth-order valence-corrected chi connectivity index (χ4v) is 1.97. The SMILES string of the molecule is CC(=O)N(C)c1ccc2c(c1)C(=O)N(C)CC2. The molecule has 0 radical (unpaired) electrons. The molecule has 1 aliphatic rings. The average Bonchev–Trinajstić information content (AvgIpc) is 2.32. The number of benzene rings is 1. The van der Waals surface area contributed by atoms with Crippen molar-refractivity contribution in [2.45, 2.75) is 13.3 Å². The van der Waals surface area contributed by atoms with Gasteiger partial charge in [-0.05, 0) is 24.1 Å². The van der Waals surface area contributed by atoms with E-state index in [-0.39, 0.29) is 11.8 Å². The molecule has 0 aliphatic carbocycles. The van der Waals surface area contributed by atoms with Crippen LogP contribution < -0.4 is 4.90 Å². The molecule has 0 spiro atoms. The predicted octanol–water partition coefficient (Wildman–Crippen LogP) is 1.30. The molecule has 4 heteroatoms. The molecule has 2 amide bonds. The molecule has 0 bridgehead atoms. The van der Waals surface area contributed by atoms with Crippen LogP contribution in [0.15, 0.2) is 18.2 Å². The highest BCUT2D eigenvalue weighted by Gasteiger charge is 2.22. The summed E-state index contributed by atoms with van der Waals surface area (Å²) in [5.41, 5.74) is 2.54. The highest BCUT2D eigenvalue weighted by molar-refractivity contribution is 5.99. The van der Waals surface area contributed by atoms with Gasteiger partial charge in [-0.1, -0.05) is 6.07 Å². The molecular formula is C13H16N2O2. The maximum Gasteiger partial charge on any atom is 0.253 e. The number of anilines is 1. The molecule has 1 aliphatic heterocycles. The van der Waals surface area contributed by atoms with Crippen molar-refractivity contribution in [2.75, 3.05) is 25.5 Å². The third-order valence-electron chi connectivity index (χ3n) is 3.25. The Bertz CT molecular complexity index is 482. The van der Waals surface area contributed by atoms with Gasteiger partial charge < -0.3 is 9.80 Å². The van der Waals surface area contributed by atoms with E-state index >= 15 is 0 Å². The second kappa shape index (κ2) is 4.20. The van der Waals surface area contributed by atoms with Crippen molar-refractivity contribution in [3.63, 3.8) is 0 Å². The van der Waals surface area contributed by atoms with Crippen LogP contribution in [0.4, 0.5) is 5.69 Å². The Hall–Kier alpha value is -1.84. The van der Waals surface area contributed by atoms with E-state index in [2.05, 4.69) is 0 Å². The summed E-state index contributed by atoms with van der Waals surface area (Å²) in [5.74, 6) is -0.00776. The molecule has 4 nitrogen and oxygen atoms in total. The fourth-order valence-electron chi connectivity index (χ4n) is 1.97. The normalized spacial score (nSPS) is 14.5. The van der Waals surface area contributed by atoms with Crippen molar-refractivity contribution in [3.8, 4) is 0 Å². The Balaban J connectivity index is 2.42. The third-order valence-corrected chi connectivity index (χ3v) is 3.25. The lowest BCUT2D eigenvalue weighted by atomic mass is 9.98. The molecule has 1 heterocycles. The summed E-state index contributed by atoms with van der Waals surface area (Å²) in [6.45, 7) is 2.27. The van der Waals surface area contributed by atoms with Crippen molar-refractivity contribution in [1.29, 1.82) is 0 Å². The zero-order valence-electron chi connectivity index (χ0n) is 10.4. The molecule has 0 unspecified atom stereocenters. The molecule has 90 valence electrons. The predicted molar refractivity (Wildman–Crippen MR) is 66.2 cm³/mol. The van der Waals surface area contributed by atoms with Crippen molar-refractivity contribution in [2.24, 2.45) is 0 Å². The number of carbonyl (C=O) groups excluding carboxylic acids is 2. The summed E-state index contributed by atoms with van der Waals surface area (Å²) in [7, 11) is 3.51. The minimum absolute atomic E-state index is 0.0325. The molecule has 0 fully saturated rings. The Labute approximate surface area is 101 Å². The van der Waals surface area contributed by atoms with Crippen LogP contribution in [0, 0.1) is 0 Å². The fraction of sp³-hybridized carbons (Fsp3) is 0.385. The van der Waals surface area contributed by atoms with Crippen LogP contribution in [0.25, 0.3) is 0 Å².